The van der Waals surface area contributed by atoms with Crippen molar-refractivity contribution in [3.8, 4) is 0 Å². The van der Waals surface area contributed by atoms with Gasteiger partial charge in [-0.05, 0) is 25.7 Å². The molecule has 1 unspecified atom stereocenters. The molecule has 0 saturated carbocycles. The molecule has 1 aromatic heterocycles. The van der Waals surface area contributed by atoms with Gasteiger partial charge in [0.05, 0.1) is 12.3 Å². The monoisotopic (exact) mass is 240 g/mol. The maximum Gasteiger partial charge on any atom is 0.107 e. The Bertz CT molecular complexity index is 316. The number of hydrogen-bond acceptors (Lipinski definition) is 4. The van der Waals surface area contributed by atoms with E-state index in [1.807, 2.05) is 11.3 Å². The Labute approximate surface area is 101 Å². The quantitative estimate of drug-likeness (QED) is 0.827. The summed E-state index contributed by atoms with van der Waals surface area (Å²) < 4.78 is 5.17. The van der Waals surface area contributed by atoms with Gasteiger partial charge in [0.25, 0.3) is 0 Å². The standard InChI is InChI=1S/C12H20N2OS/c1-3-9(8-15-2)13-7-12-14-10-5-4-6-11(10)16-12/h9,13H,3-8H2,1-2H3. The number of ether oxygens (including phenoxy) is 1. The van der Waals surface area contributed by atoms with Crippen LogP contribution in [0, 0.1) is 0 Å². The average molecular weight is 240 g/mol. The van der Waals surface area contributed by atoms with Crippen LogP contribution < -0.4 is 5.32 Å². The van der Waals surface area contributed by atoms with Crippen LogP contribution in [-0.4, -0.2) is 24.7 Å². The van der Waals surface area contributed by atoms with Crippen molar-refractivity contribution in [3.63, 3.8) is 0 Å². The van der Waals surface area contributed by atoms with Gasteiger partial charge in [-0.1, -0.05) is 6.92 Å². The SMILES string of the molecule is CCC(COC)NCc1nc2c(s1)CCC2. The fourth-order valence-corrected chi connectivity index (χ4v) is 3.18. The van der Waals surface area contributed by atoms with E-state index in [1.165, 1.54) is 34.8 Å². The molecule has 90 valence electrons. The third-order valence-electron chi connectivity index (χ3n) is 3.04. The maximum atomic E-state index is 5.17. The van der Waals surface area contributed by atoms with E-state index in [0.29, 0.717) is 6.04 Å². The van der Waals surface area contributed by atoms with Gasteiger partial charge in [0.15, 0.2) is 0 Å². The average Bonchev–Trinajstić information content (AvgIpc) is 2.84. The van der Waals surface area contributed by atoms with Gasteiger partial charge in [-0.15, -0.1) is 11.3 Å². The molecule has 3 nitrogen and oxygen atoms in total. The summed E-state index contributed by atoms with van der Waals surface area (Å²) in [4.78, 5) is 6.18. The van der Waals surface area contributed by atoms with E-state index in [9.17, 15) is 0 Å². The summed E-state index contributed by atoms with van der Waals surface area (Å²) in [6, 6.07) is 0.448. The number of rotatable bonds is 6. The number of fused-ring (bicyclic) bond motifs is 1. The highest BCUT2D eigenvalue weighted by molar-refractivity contribution is 7.11. The molecule has 4 heteroatoms. The minimum absolute atomic E-state index is 0.448. The van der Waals surface area contributed by atoms with Crippen LogP contribution >= 0.6 is 11.3 Å². The Balaban J connectivity index is 1.84. The first-order chi connectivity index (χ1) is 7.83. The van der Waals surface area contributed by atoms with Crippen molar-refractivity contribution in [3.05, 3.63) is 15.6 Å². The first kappa shape index (κ1) is 12.0. The number of nitrogens with one attached hydrogen (secondary N) is 1. The van der Waals surface area contributed by atoms with E-state index in [1.54, 1.807) is 7.11 Å². The van der Waals surface area contributed by atoms with Gasteiger partial charge in [-0.25, -0.2) is 4.98 Å². The molecule has 0 fully saturated rings. The van der Waals surface area contributed by atoms with Crippen molar-refractivity contribution < 1.29 is 4.74 Å². The number of methoxy groups -OCH3 is 1. The molecule has 0 bridgehead atoms. The zero-order valence-corrected chi connectivity index (χ0v) is 10.9. The number of aryl methyl sites for hydroxylation is 2. The lowest BCUT2D eigenvalue weighted by Crippen LogP contribution is -2.31. The molecular formula is C12H20N2OS. The Hall–Kier alpha value is -0.450. The largest absolute Gasteiger partial charge is 0.383 e. The Kier molecular flexibility index (Phi) is 4.32. The first-order valence-electron chi connectivity index (χ1n) is 6.03. The normalized spacial score (nSPS) is 16.4. The van der Waals surface area contributed by atoms with Crippen LogP contribution in [0.25, 0.3) is 0 Å². The van der Waals surface area contributed by atoms with E-state index in [4.69, 9.17) is 4.74 Å². The predicted molar refractivity (Wildman–Crippen MR) is 66.9 cm³/mol. The minimum atomic E-state index is 0.448. The van der Waals surface area contributed by atoms with Gasteiger partial charge in [0.2, 0.25) is 0 Å². The second-order valence-corrected chi connectivity index (χ2v) is 5.44. The summed E-state index contributed by atoms with van der Waals surface area (Å²) in [5.41, 5.74) is 1.35. The van der Waals surface area contributed by atoms with Crippen molar-refractivity contribution in [2.45, 2.75) is 45.2 Å². The molecule has 0 spiro atoms. The molecular weight excluding hydrogens is 220 g/mol. The number of aromatic nitrogens is 1. The molecule has 2 rings (SSSR count). The highest BCUT2D eigenvalue weighted by Crippen LogP contribution is 2.27. The van der Waals surface area contributed by atoms with Crippen LogP contribution in [-0.2, 0) is 24.1 Å². The third-order valence-corrected chi connectivity index (χ3v) is 4.20. The third kappa shape index (κ3) is 2.81. The maximum absolute atomic E-state index is 5.17. The zero-order chi connectivity index (χ0) is 11.4. The molecule has 0 aliphatic heterocycles. The van der Waals surface area contributed by atoms with Crippen LogP contribution in [0.15, 0.2) is 0 Å². The summed E-state index contributed by atoms with van der Waals surface area (Å²) in [5, 5.41) is 4.73. The molecule has 1 atom stereocenters. The van der Waals surface area contributed by atoms with Gasteiger partial charge in [-0.2, -0.15) is 0 Å². The summed E-state index contributed by atoms with van der Waals surface area (Å²) in [5.74, 6) is 0. The van der Waals surface area contributed by atoms with Crippen molar-refractivity contribution in [2.75, 3.05) is 13.7 Å². The van der Waals surface area contributed by atoms with Gasteiger partial charge in [0, 0.05) is 24.6 Å². The zero-order valence-electron chi connectivity index (χ0n) is 10.1. The lowest BCUT2D eigenvalue weighted by atomic mass is 10.2. The van der Waals surface area contributed by atoms with E-state index in [0.717, 1.165) is 19.6 Å². The number of thiazole rings is 1. The summed E-state index contributed by atoms with van der Waals surface area (Å²) in [6.45, 7) is 3.85. The number of nitrogens with zero attached hydrogens (tertiary/aromatic N) is 1. The van der Waals surface area contributed by atoms with Crippen LogP contribution in [0.5, 0.6) is 0 Å². The second-order valence-electron chi connectivity index (χ2n) is 4.27. The predicted octanol–water partition coefficient (Wildman–Crippen LogP) is 2.15. The van der Waals surface area contributed by atoms with Gasteiger partial charge < -0.3 is 10.1 Å². The van der Waals surface area contributed by atoms with Crippen molar-refractivity contribution in [2.24, 2.45) is 0 Å². The van der Waals surface area contributed by atoms with E-state index in [-0.39, 0.29) is 0 Å². The molecule has 0 saturated heterocycles. The first-order valence-corrected chi connectivity index (χ1v) is 6.85. The van der Waals surface area contributed by atoms with Gasteiger partial charge in [0.1, 0.15) is 5.01 Å². The second kappa shape index (κ2) is 5.75. The molecule has 1 aliphatic rings. The molecule has 16 heavy (non-hydrogen) atoms. The van der Waals surface area contributed by atoms with Crippen LogP contribution in [0.3, 0.4) is 0 Å². The molecule has 0 amide bonds. The summed E-state index contributed by atoms with van der Waals surface area (Å²) in [7, 11) is 1.75. The summed E-state index contributed by atoms with van der Waals surface area (Å²) in [6.07, 6.45) is 4.81. The van der Waals surface area contributed by atoms with Crippen molar-refractivity contribution in [1.82, 2.24) is 10.3 Å². The lowest BCUT2D eigenvalue weighted by Gasteiger charge is -2.14. The molecule has 1 aromatic rings. The Morgan fingerprint density at radius 1 is 1.50 bits per heavy atom. The topological polar surface area (TPSA) is 34.1 Å². The fourth-order valence-electron chi connectivity index (χ4n) is 2.07. The smallest absolute Gasteiger partial charge is 0.107 e. The molecule has 0 radical (unpaired) electrons. The Morgan fingerprint density at radius 3 is 3.06 bits per heavy atom. The number of hydrogen-bond donors (Lipinski definition) is 1. The summed E-state index contributed by atoms with van der Waals surface area (Å²) >= 11 is 1.88. The fraction of sp³-hybridized carbons (Fsp3) is 0.750. The highest BCUT2D eigenvalue weighted by Gasteiger charge is 2.16. The van der Waals surface area contributed by atoms with Crippen LogP contribution in [0.2, 0.25) is 0 Å². The molecule has 1 N–H and O–H groups in total. The molecule has 1 aliphatic carbocycles. The van der Waals surface area contributed by atoms with Crippen molar-refractivity contribution in [1.29, 1.82) is 0 Å². The van der Waals surface area contributed by atoms with Crippen molar-refractivity contribution >= 4 is 11.3 Å². The van der Waals surface area contributed by atoms with Gasteiger partial charge in [-0.3, -0.25) is 0 Å². The van der Waals surface area contributed by atoms with E-state index < -0.39 is 0 Å². The van der Waals surface area contributed by atoms with E-state index >= 15 is 0 Å². The molecule has 0 aromatic carbocycles. The lowest BCUT2D eigenvalue weighted by molar-refractivity contribution is 0.164. The highest BCUT2D eigenvalue weighted by atomic mass is 32.1. The van der Waals surface area contributed by atoms with E-state index in [2.05, 4.69) is 17.2 Å². The van der Waals surface area contributed by atoms with Gasteiger partial charge >= 0.3 is 0 Å². The molecule has 1 heterocycles. The minimum Gasteiger partial charge on any atom is -0.383 e. The Morgan fingerprint density at radius 2 is 2.38 bits per heavy atom. The van der Waals surface area contributed by atoms with Crippen LogP contribution in [0.1, 0.15) is 35.3 Å². The van der Waals surface area contributed by atoms with Crippen LogP contribution in [0.4, 0.5) is 0 Å².